The Kier molecular flexibility index (Phi) is 4.73. The van der Waals surface area contributed by atoms with Gasteiger partial charge in [0.05, 0.1) is 17.6 Å². The summed E-state index contributed by atoms with van der Waals surface area (Å²) in [5.74, 6) is -0.0172. The molecular formula is C23H14BrN5O2. The fourth-order valence-electron chi connectivity index (χ4n) is 3.46. The lowest BCUT2D eigenvalue weighted by Crippen LogP contribution is -2.16. The molecule has 8 heteroatoms. The van der Waals surface area contributed by atoms with Crippen LogP contribution in [-0.2, 0) is 6.54 Å². The largest absolute Gasteiger partial charge is 0.444 e. The summed E-state index contributed by atoms with van der Waals surface area (Å²) in [6.45, 7) is 0.406. The van der Waals surface area contributed by atoms with E-state index in [-0.39, 0.29) is 11.3 Å². The Morgan fingerprint density at radius 1 is 1.03 bits per heavy atom. The molecule has 0 saturated carbocycles. The number of anilines is 1. The Bertz CT molecular complexity index is 1480. The van der Waals surface area contributed by atoms with E-state index in [2.05, 4.69) is 32.3 Å². The lowest BCUT2D eigenvalue weighted by atomic mass is 10.2. The molecule has 0 radical (unpaired) electrons. The minimum absolute atomic E-state index is 0.123. The number of nitrogens with zero attached hydrogens (tertiary/aromatic N) is 4. The number of nitriles is 1. The molecule has 1 N–H and O–H groups in total. The lowest BCUT2D eigenvalue weighted by Gasteiger charge is -2.11. The first-order chi connectivity index (χ1) is 15.1. The van der Waals surface area contributed by atoms with E-state index in [4.69, 9.17) is 9.40 Å². The molecule has 0 bridgehead atoms. The Morgan fingerprint density at radius 3 is 2.42 bits per heavy atom. The highest BCUT2D eigenvalue weighted by atomic mass is 79.9. The fourth-order valence-corrected chi connectivity index (χ4v) is 3.77. The third kappa shape index (κ3) is 3.45. The first kappa shape index (κ1) is 19.0. The number of benzene rings is 2. The van der Waals surface area contributed by atoms with E-state index in [1.54, 1.807) is 16.7 Å². The third-order valence-electron chi connectivity index (χ3n) is 4.88. The number of amides is 1. The van der Waals surface area contributed by atoms with Crippen molar-refractivity contribution in [3.63, 3.8) is 0 Å². The van der Waals surface area contributed by atoms with Crippen molar-refractivity contribution in [1.29, 1.82) is 5.26 Å². The maximum Gasteiger partial charge on any atom is 0.292 e. The summed E-state index contributed by atoms with van der Waals surface area (Å²) in [6, 6.07) is 22.6. The summed E-state index contributed by atoms with van der Waals surface area (Å²) in [4.78, 5) is 22.2. The Hall–Kier alpha value is -3.96. The highest BCUT2D eigenvalue weighted by Crippen LogP contribution is 2.30. The first-order valence-corrected chi connectivity index (χ1v) is 10.2. The smallest absolute Gasteiger partial charge is 0.292 e. The molecule has 150 valence electrons. The molecule has 31 heavy (non-hydrogen) atoms. The number of rotatable bonds is 4. The number of fused-ring (bicyclic) bond motifs is 2. The van der Waals surface area contributed by atoms with E-state index in [0.29, 0.717) is 39.2 Å². The van der Waals surface area contributed by atoms with Gasteiger partial charge in [-0.1, -0.05) is 42.5 Å². The molecule has 0 aliphatic heterocycles. The molecule has 0 spiro atoms. The van der Waals surface area contributed by atoms with Crippen molar-refractivity contribution in [3.8, 4) is 6.07 Å². The fraction of sp³-hybridized carbons (Fsp3) is 0.0435. The number of aromatic nitrogens is 3. The van der Waals surface area contributed by atoms with Gasteiger partial charge < -0.3 is 14.3 Å². The van der Waals surface area contributed by atoms with Crippen LogP contribution < -0.4 is 5.32 Å². The second kappa shape index (κ2) is 7.70. The Labute approximate surface area is 185 Å². The van der Waals surface area contributed by atoms with E-state index in [9.17, 15) is 10.1 Å². The van der Waals surface area contributed by atoms with Crippen molar-refractivity contribution in [2.45, 2.75) is 6.54 Å². The Balaban J connectivity index is 1.72. The molecular weight excluding hydrogens is 458 g/mol. The van der Waals surface area contributed by atoms with Crippen LogP contribution in [-0.4, -0.2) is 20.4 Å². The summed E-state index contributed by atoms with van der Waals surface area (Å²) < 4.78 is 7.61. The molecule has 3 aromatic heterocycles. The third-order valence-corrected chi connectivity index (χ3v) is 5.30. The average Bonchev–Trinajstić information content (AvgIpc) is 3.34. The average molecular weight is 472 g/mol. The second-order valence-electron chi connectivity index (χ2n) is 6.85. The van der Waals surface area contributed by atoms with E-state index >= 15 is 0 Å². The first-order valence-electron chi connectivity index (χ1n) is 9.44. The number of nitrogens with one attached hydrogen (secondary N) is 1. The minimum atomic E-state index is -0.469. The van der Waals surface area contributed by atoms with Gasteiger partial charge in [0.25, 0.3) is 5.91 Å². The summed E-state index contributed by atoms with van der Waals surface area (Å²) in [5.41, 5.74) is 3.59. The standard InChI is InChI=1S/C23H14BrN5O2/c24-19-11-10-18(31-19)23(30)28-21-15(12-25)20-22(27-17-9-5-4-8-16(17)26-20)29(21)13-14-6-2-1-3-7-14/h1-11H,13H2,(H,28,30). The summed E-state index contributed by atoms with van der Waals surface area (Å²) in [5, 5.41) is 12.8. The van der Waals surface area contributed by atoms with Crippen LogP contribution in [0.4, 0.5) is 5.82 Å². The summed E-state index contributed by atoms with van der Waals surface area (Å²) >= 11 is 3.20. The van der Waals surface area contributed by atoms with Crippen LogP contribution in [0, 0.1) is 11.3 Å². The second-order valence-corrected chi connectivity index (χ2v) is 7.63. The molecule has 1 amide bonds. The van der Waals surface area contributed by atoms with Gasteiger partial charge in [0, 0.05) is 0 Å². The van der Waals surface area contributed by atoms with Crippen LogP contribution in [0.1, 0.15) is 21.7 Å². The summed E-state index contributed by atoms with van der Waals surface area (Å²) in [7, 11) is 0. The van der Waals surface area contributed by atoms with Gasteiger partial charge in [-0.15, -0.1) is 0 Å². The molecule has 0 aliphatic carbocycles. The maximum absolute atomic E-state index is 12.8. The maximum atomic E-state index is 12.8. The van der Waals surface area contributed by atoms with Gasteiger partial charge in [-0.05, 0) is 45.8 Å². The van der Waals surface area contributed by atoms with Crippen molar-refractivity contribution in [1.82, 2.24) is 14.5 Å². The van der Waals surface area contributed by atoms with Crippen LogP contribution in [0.25, 0.3) is 22.2 Å². The van der Waals surface area contributed by atoms with Crippen LogP contribution in [0.3, 0.4) is 0 Å². The zero-order valence-electron chi connectivity index (χ0n) is 16.0. The molecule has 0 atom stereocenters. The van der Waals surface area contributed by atoms with E-state index in [0.717, 1.165) is 5.56 Å². The number of carbonyl (C=O) groups is 1. The van der Waals surface area contributed by atoms with Gasteiger partial charge in [0.15, 0.2) is 16.1 Å². The zero-order valence-corrected chi connectivity index (χ0v) is 17.6. The molecule has 3 heterocycles. The number of para-hydroxylation sites is 2. The molecule has 0 aliphatic rings. The highest BCUT2D eigenvalue weighted by molar-refractivity contribution is 9.10. The van der Waals surface area contributed by atoms with Crippen molar-refractivity contribution >= 4 is 49.9 Å². The zero-order chi connectivity index (χ0) is 21.4. The van der Waals surface area contributed by atoms with Crippen LogP contribution in [0.5, 0.6) is 0 Å². The molecule has 0 unspecified atom stereocenters. The number of hydrogen-bond acceptors (Lipinski definition) is 5. The molecule has 0 fully saturated rings. The van der Waals surface area contributed by atoms with Crippen LogP contribution in [0.2, 0.25) is 0 Å². The van der Waals surface area contributed by atoms with Gasteiger partial charge in [0.1, 0.15) is 23.0 Å². The number of halogens is 1. The number of hydrogen-bond donors (Lipinski definition) is 1. The predicted molar refractivity (Wildman–Crippen MR) is 120 cm³/mol. The topological polar surface area (TPSA) is 96.7 Å². The van der Waals surface area contributed by atoms with Crippen LogP contribution in [0.15, 0.2) is 75.8 Å². The minimum Gasteiger partial charge on any atom is -0.444 e. The molecule has 0 saturated heterocycles. The van der Waals surface area contributed by atoms with Crippen molar-refractivity contribution < 1.29 is 9.21 Å². The van der Waals surface area contributed by atoms with E-state index in [1.807, 2.05) is 54.6 Å². The van der Waals surface area contributed by atoms with Gasteiger partial charge in [0.2, 0.25) is 0 Å². The highest BCUT2D eigenvalue weighted by Gasteiger charge is 2.23. The van der Waals surface area contributed by atoms with Gasteiger partial charge in [-0.25, -0.2) is 9.97 Å². The SMILES string of the molecule is N#Cc1c(NC(=O)c2ccc(Br)o2)n(Cc2ccccc2)c2nc3ccccc3nc12. The molecule has 7 nitrogen and oxygen atoms in total. The predicted octanol–water partition coefficient (Wildman–Crippen LogP) is 5.11. The molecule has 2 aromatic carbocycles. The van der Waals surface area contributed by atoms with E-state index in [1.165, 1.54) is 0 Å². The number of carbonyl (C=O) groups excluding carboxylic acids is 1. The van der Waals surface area contributed by atoms with Gasteiger partial charge in [-0.3, -0.25) is 4.79 Å². The quantitative estimate of drug-likeness (QED) is 0.392. The lowest BCUT2D eigenvalue weighted by molar-refractivity contribution is 0.0994. The van der Waals surface area contributed by atoms with Crippen molar-refractivity contribution in [2.24, 2.45) is 0 Å². The van der Waals surface area contributed by atoms with Crippen molar-refractivity contribution in [3.05, 3.63) is 88.3 Å². The van der Waals surface area contributed by atoms with Gasteiger partial charge in [-0.2, -0.15) is 5.26 Å². The van der Waals surface area contributed by atoms with Gasteiger partial charge >= 0.3 is 0 Å². The Morgan fingerprint density at radius 2 is 1.74 bits per heavy atom. The molecule has 5 rings (SSSR count). The number of furan rings is 1. The van der Waals surface area contributed by atoms with Crippen LogP contribution >= 0.6 is 15.9 Å². The summed E-state index contributed by atoms with van der Waals surface area (Å²) in [6.07, 6.45) is 0. The molecule has 5 aromatic rings. The monoisotopic (exact) mass is 471 g/mol. The van der Waals surface area contributed by atoms with Crippen molar-refractivity contribution in [2.75, 3.05) is 5.32 Å². The normalized spacial score (nSPS) is 11.0. The van der Waals surface area contributed by atoms with E-state index < -0.39 is 5.91 Å².